The van der Waals surface area contributed by atoms with E-state index in [0.29, 0.717) is 6.42 Å². The number of hydrogen-bond donors (Lipinski definition) is 2. The minimum Gasteiger partial charge on any atom is -0.480 e. The molecule has 104 valence electrons. The largest absolute Gasteiger partial charge is 0.480 e. The van der Waals surface area contributed by atoms with E-state index in [0.717, 1.165) is 12.0 Å². The summed E-state index contributed by atoms with van der Waals surface area (Å²) in [6, 6.07) is 8.67. The molecule has 1 aromatic rings. The molecule has 0 bridgehead atoms. The van der Waals surface area contributed by atoms with Crippen LogP contribution in [0.5, 0.6) is 0 Å². The highest BCUT2D eigenvalue weighted by Gasteiger charge is 2.22. The summed E-state index contributed by atoms with van der Waals surface area (Å²) >= 11 is 0. The molecule has 0 radical (unpaired) electrons. The standard InChI is InChI=1S/C15H21NO3/c1-3-7-13(17)10-14(15(18)19)16-11(2)12-8-5-4-6-9-12/h4-6,8-9,11,14,16H,3,7,10H2,1-2H3,(H,18,19)/t11-,14-/m0/s1. The predicted molar refractivity (Wildman–Crippen MR) is 73.9 cm³/mol. The fraction of sp³-hybridized carbons (Fsp3) is 0.467. The van der Waals surface area contributed by atoms with Crippen LogP contribution in [0.1, 0.15) is 44.7 Å². The highest BCUT2D eigenvalue weighted by molar-refractivity contribution is 5.85. The van der Waals surface area contributed by atoms with Gasteiger partial charge in [-0.15, -0.1) is 0 Å². The molecule has 0 unspecified atom stereocenters. The first-order valence-electron chi connectivity index (χ1n) is 6.60. The molecule has 0 heterocycles. The lowest BCUT2D eigenvalue weighted by atomic mass is 10.0. The molecule has 4 heteroatoms. The Balaban J connectivity index is 2.63. The van der Waals surface area contributed by atoms with E-state index in [9.17, 15) is 14.7 Å². The second-order valence-corrected chi connectivity index (χ2v) is 4.68. The van der Waals surface area contributed by atoms with Crippen LogP contribution >= 0.6 is 0 Å². The maximum atomic E-state index is 11.6. The van der Waals surface area contributed by atoms with Gasteiger partial charge in [0, 0.05) is 18.9 Å². The van der Waals surface area contributed by atoms with Gasteiger partial charge in [-0.05, 0) is 18.9 Å². The van der Waals surface area contributed by atoms with Crippen LogP contribution in [0.25, 0.3) is 0 Å². The molecular formula is C15H21NO3. The Morgan fingerprint density at radius 3 is 2.42 bits per heavy atom. The highest BCUT2D eigenvalue weighted by Crippen LogP contribution is 2.13. The summed E-state index contributed by atoms with van der Waals surface area (Å²) in [7, 11) is 0. The summed E-state index contributed by atoms with van der Waals surface area (Å²) in [5.74, 6) is -0.991. The van der Waals surface area contributed by atoms with E-state index in [1.54, 1.807) is 0 Å². The normalized spacial score (nSPS) is 13.8. The van der Waals surface area contributed by atoms with Crippen LogP contribution in [-0.4, -0.2) is 22.9 Å². The third-order valence-electron chi connectivity index (χ3n) is 3.01. The van der Waals surface area contributed by atoms with Crippen molar-refractivity contribution in [3.8, 4) is 0 Å². The molecule has 0 saturated carbocycles. The number of hydrogen-bond acceptors (Lipinski definition) is 3. The number of carboxylic acid groups (broad SMARTS) is 1. The zero-order chi connectivity index (χ0) is 14.3. The summed E-state index contributed by atoms with van der Waals surface area (Å²) in [5.41, 5.74) is 1.01. The molecule has 4 nitrogen and oxygen atoms in total. The summed E-state index contributed by atoms with van der Waals surface area (Å²) in [6.45, 7) is 3.81. The van der Waals surface area contributed by atoms with Crippen LogP contribution in [-0.2, 0) is 9.59 Å². The van der Waals surface area contributed by atoms with Crippen LogP contribution in [0, 0.1) is 0 Å². The third-order valence-corrected chi connectivity index (χ3v) is 3.01. The molecule has 0 amide bonds. The van der Waals surface area contributed by atoms with Crippen molar-refractivity contribution >= 4 is 11.8 Å². The number of benzene rings is 1. The van der Waals surface area contributed by atoms with Crippen molar-refractivity contribution in [1.82, 2.24) is 5.32 Å². The molecule has 0 spiro atoms. The van der Waals surface area contributed by atoms with Crippen molar-refractivity contribution in [2.24, 2.45) is 0 Å². The Hall–Kier alpha value is -1.68. The van der Waals surface area contributed by atoms with Gasteiger partial charge < -0.3 is 5.11 Å². The Labute approximate surface area is 113 Å². The molecule has 0 aliphatic rings. The Morgan fingerprint density at radius 2 is 1.89 bits per heavy atom. The Kier molecular flexibility index (Phi) is 6.22. The maximum Gasteiger partial charge on any atom is 0.321 e. The van der Waals surface area contributed by atoms with Crippen molar-refractivity contribution in [3.63, 3.8) is 0 Å². The minimum atomic E-state index is -0.979. The average Bonchev–Trinajstić information content (AvgIpc) is 2.39. The summed E-state index contributed by atoms with van der Waals surface area (Å²) in [5, 5.41) is 12.2. The summed E-state index contributed by atoms with van der Waals surface area (Å²) < 4.78 is 0. The number of nitrogens with one attached hydrogen (secondary N) is 1. The van der Waals surface area contributed by atoms with Crippen molar-refractivity contribution in [2.75, 3.05) is 0 Å². The van der Waals surface area contributed by atoms with Gasteiger partial charge in [0.25, 0.3) is 0 Å². The number of ketones is 1. The third kappa shape index (κ3) is 5.22. The first-order valence-corrected chi connectivity index (χ1v) is 6.60. The van der Waals surface area contributed by atoms with Gasteiger partial charge in [-0.3, -0.25) is 14.9 Å². The lowest BCUT2D eigenvalue weighted by molar-refractivity contribution is -0.141. The Morgan fingerprint density at radius 1 is 1.26 bits per heavy atom. The van der Waals surface area contributed by atoms with E-state index < -0.39 is 12.0 Å². The van der Waals surface area contributed by atoms with Gasteiger partial charge in [0.05, 0.1) is 0 Å². The van der Waals surface area contributed by atoms with Gasteiger partial charge in [0.2, 0.25) is 0 Å². The monoisotopic (exact) mass is 263 g/mol. The van der Waals surface area contributed by atoms with E-state index in [1.165, 1.54) is 0 Å². The topological polar surface area (TPSA) is 66.4 Å². The van der Waals surface area contributed by atoms with Crippen LogP contribution in [0.2, 0.25) is 0 Å². The van der Waals surface area contributed by atoms with Gasteiger partial charge in [0.1, 0.15) is 11.8 Å². The van der Waals surface area contributed by atoms with Crippen molar-refractivity contribution in [3.05, 3.63) is 35.9 Å². The lowest BCUT2D eigenvalue weighted by Gasteiger charge is -2.20. The second kappa shape index (κ2) is 7.69. The van der Waals surface area contributed by atoms with E-state index >= 15 is 0 Å². The van der Waals surface area contributed by atoms with Crippen LogP contribution in [0.4, 0.5) is 0 Å². The van der Waals surface area contributed by atoms with Crippen LogP contribution < -0.4 is 5.32 Å². The molecule has 19 heavy (non-hydrogen) atoms. The number of carboxylic acids is 1. The van der Waals surface area contributed by atoms with E-state index in [-0.39, 0.29) is 18.2 Å². The second-order valence-electron chi connectivity index (χ2n) is 4.68. The van der Waals surface area contributed by atoms with Gasteiger partial charge in [-0.25, -0.2) is 0 Å². The summed E-state index contributed by atoms with van der Waals surface area (Å²) in [4.78, 5) is 22.8. The molecule has 2 atom stereocenters. The highest BCUT2D eigenvalue weighted by atomic mass is 16.4. The average molecular weight is 263 g/mol. The van der Waals surface area contributed by atoms with E-state index in [4.69, 9.17) is 0 Å². The number of aliphatic carboxylic acids is 1. The number of carbonyl (C=O) groups excluding carboxylic acids is 1. The fourth-order valence-electron chi connectivity index (χ4n) is 1.97. The number of carbonyl (C=O) groups is 2. The minimum absolute atomic E-state index is 0.0114. The SMILES string of the molecule is CCCC(=O)C[C@H](N[C@@H](C)c1ccccc1)C(=O)O. The summed E-state index contributed by atoms with van der Waals surface area (Å²) in [6.07, 6.45) is 1.23. The van der Waals surface area contributed by atoms with Gasteiger partial charge in [-0.1, -0.05) is 37.3 Å². The number of rotatable bonds is 8. The zero-order valence-corrected chi connectivity index (χ0v) is 11.4. The van der Waals surface area contributed by atoms with Crippen LogP contribution in [0.15, 0.2) is 30.3 Å². The van der Waals surface area contributed by atoms with Gasteiger partial charge in [0.15, 0.2) is 0 Å². The first kappa shape index (κ1) is 15.4. The molecule has 0 aliphatic heterocycles. The Bertz CT molecular complexity index is 417. The van der Waals surface area contributed by atoms with Crippen molar-refractivity contribution in [1.29, 1.82) is 0 Å². The molecule has 0 aromatic heterocycles. The molecule has 1 aromatic carbocycles. The van der Waals surface area contributed by atoms with Crippen LogP contribution in [0.3, 0.4) is 0 Å². The molecule has 0 aliphatic carbocycles. The zero-order valence-electron chi connectivity index (χ0n) is 11.4. The van der Waals surface area contributed by atoms with E-state index in [2.05, 4.69) is 5.32 Å². The maximum absolute atomic E-state index is 11.6. The number of Topliss-reactive ketones (excluding diaryl/α,β-unsaturated/α-hetero) is 1. The quantitative estimate of drug-likeness (QED) is 0.756. The molecular weight excluding hydrogens is 242 g/mol. The van der Waals surface area contributed by atoms with Gasteiger partial charge >= 0.3 is 5.97 Å². The van der Waals surface area contributed by atoms with Gasteiger partial charge in [-0.2, -0.15) is 0 Å². The molecule has 1 rings (SSSR count). The molecule has 0 fully saturated rings. The van der Waals surface area contributed by atoms with E-state index in [1.807, 2.05) is 44.2 Å². The fourth-order valence-corrected chi connectivity index (χ4v) is 1.97. The molecule has 2 N–H and O–H groups in total. The first-order chi connectivity index (χ1) is 9.04. The predicted octanol–water partition coefficient (Wildman–Crippen LogP) is 2.55. The van der Waals surface area contributed by atoms with Crippen molar-refractivity contribution < 1.29 is 14.7 Å². The lowest BCUT2D eigenvalue weighted by Crippen LogP contribution is -2.39. The smallest absolute Gasteiger partial charge is 0.321 e. The molecule has 0 saturated heterocycles. The van der Waals surface area contributed by atoms with Crippen molar-refractivity contribution in [2.45, 2.75) is 45.2 Å².